The number of hydrogen-bond donors (Lipinski definition) is 1. The lowest BCUT2D eigenvalue weighted by molar-refractivity contribution is -0.119. The number of fused-ring (bicyclic) bond motifs is 1. The molecule has 1 aromatic heterocycles. The fraction of sp³-hybridized carbons (Fsp3) is 0.641. The van der Waals surface area contributed by atoms with Gasteiger partial charge in [-0.25, -0.2) is 4.79 Å². The zero-order valence-electron chi connectivity index (χ0n) is 30.5. The van der Waals surface area contributed by atoms with Crippen LogP contribution in [-0.2, 0) is 35.3 Å². The number of carbonyl (C=O) groups is 3. The number of ether oxygens (including phenoxy) is 3. The summed E-state index contributed by atoms with van der Waals surface area (Å²) in [6, 6.07) is 5.84. The molecular weight excluding hydrogens is 671 g/mol. The maximum atomic E-state index is 13.7. The number of aryl methyl sites for hydroxylation is 1. The summed E-state index contributed by atoms with van der Waals surface area (Å²) in [5.41, 5.74) is 2.29. The van der Waals surface area contributed by atoms with Crippen LogP contribution in [0.2, 0.25) is 0 Å². The molecule has 3 aliphatic carbocycles. The van der Waals surface area contributed by atoms with Gasteiger partial charge in [0, 0.05) is 66.3 Å². The predicted octanol–water partition coefficient (Wildman–Crippen LogP) is 7.01. The second-order valence-electron chi connectivity index (χ2n) is 15.8. The molecule has 2 unspecified atom stereocenters. The zero-order chi connectivity index (χ0) is 35.7. The van der Waals surface area contributed by atoms with Crippen molar-refractivity contribution in [1.82, 2.24) is 15.1 Å². The molecule has 2 aromatic rings. The van der Waals surface area contributed by atoms with Gasteiger partial charge in [-0.3, -0.25) is 9.59 Å². The number of rotatable bonds is 13. The maximum Gasteiger partial charge on any atom is 0.410 e. The molecule has 50 heavy (non-hydrogen) atoms. The monoisotopic (exact) mass is 723 g/mol. The van der Waals surface area contributed by atoms with E-state index in [0.717, 1.165) is 64.4 Å². The Morgan fingerprint density at radius 3 is 2.46 bits per heavy atom. The van der Waals surface area contributed by atoms with Crippen molar-refractivity contribution in [2.45, 2.75) is 104 Å². The first kappa shape index (κ1) is 36.6. The van der Waals surface area contributed by atoms with Gasteiger partial charge in [0.1, 0.15) is 22.9 Å². The Bertz CT molecular complexity index is 1610. The first-order valence-electron chi connectivity index (χ1n) is 18.3. The standard InChI is InChI=1S/C39H53N3O6S2/c1-23-20-41(38(45)48-39(2,3)4)22-30(23)42(21-27-12-13-28(46-5)17-32(27)47-6)35(49)16-25-9-14-33-29(15-25)36(37(44)40-19-24-7-8-24)34(50-33)18-31(43)26-10-11-26/h12-13,17,23-26,30H,7-11,14-16,18-22H2,1-6H3,(H,40,44)/t23?,25-,30?/m0/s1. The third-order valence-electron chi connectivity index (χ3n) is 10.5. The van der Waals surface area contributed by atoms with Crippen molar-refractivity contribution in [3.8, 4) is 11.5 Å². The maximum absolute atomic E-state index is 13.7. The minimum atomic E-state index is -0.579. The van der Waals surface area contributed by atoms with E-state index < -0.39 is 5.60 Å². The van der Waals surface area contributed by atoms with E-state index in [-0.39, 0.29) is 41.6 Å². The van der Waals surface area contributed by atoms with Crippen LogP contribution in [0.25, 0.3) is 0 Å². The molecule has 0 spiro atoms. The normalized spacial score (nSPS) is 21.7. The Morgan fingerprint density at radius 1 is 1.04 bits per heavy atom. The van der Waals surface area contributed by atoms with Crippen LogP contribution in [0.3, 0.4) is 0 Å². The molecule has 3 atom stereocenters. The van der Waals surface area contributed by atoms with Gasteiger partial charge in [-0.15, -0.1) is 11.3 Å². The third-order valence-corrected chi connectivity index (χ3v) is 12.2. The SMILES string of the molecule is COc1ccc(CN(C(=S)C[C@H]2CCc3sc(CC(=O)C4CC4)c(C(=O)NCC4CC4)c3C2)C2CN(C(=O)OC(C)(C)C)CC2C)c(OC)c1. The number of amides is 2. The van der Waals surface area contributed by atoms with E-state index >= 15 is 0 Å². The highest BCUT2D eigenvalue weighted by Crippen LogP contribution is 2.41. The lowest BCUT2D eigenvalue weighted by Gasteiger charge is -2.36. The molecule has 6 rings (SSSR count). The molecule has 1 saturated heterocycles. The minimum absolute atomic E-state index is 0.00840. The van der Waals surface area contributed by atoms with Crippen molar-refractivity contribution in [3.05, 3.63) is 44.6 Å². The second-order valence-corrected chi connectivity index (χ2v) is 17.5. The van der Waals surface area contributed by atoms with Crippen molar-refractivity contribution >= 4 is 46.3 Å². The van der Waals surface area contributed by atoms with Crippen molar-refractivity contribution in [2.24, 2.45) is 23.7 Å². The number of hydrogen-bond acceptors (Lipinski definition) is 8. The first-order chi connectivity index (χ1) is 23.8. The van der Waals surface area contributed by atoms with E-state index in [0.29, 0.717) is 50.7 Å². The third kappa shape index (κ3) is 8.81. The van der Waals surface area contributed by atoms with Crippen LogP contribution >= 0.6 is 23.6 Å². The van der Waals surface area contributed by atoms with Crippen LogP contribution in [-0.4, -0.2) is 78.1 Å². The Balaban J connectivity index is 1.23. The number of thiophene rings is 1. The molecule has 0 bridgehead atoms. The molecule has 11 heteroatoms. The lowest BCUT2D eigenvalue weighted by atomic mass is 9.83. The summed E-state index contributed by atoms with van der Waals surface area (Å²) in [7, 11) is 3.30. The van der Waals surface area contributed by atoms with Crippen LogP contribution < -0.4 is 14.8 Å². The van der Waals surface area contributed by atoms with Gasteiger partial charge in [0.25, 0.3) is 5.91 Å². The summed E-state index contributed by atoms with van der Waals surface area (Å²) in [6.07, 6.45) is 7.65. The van der Waals surface area contributed by atoms with Gasteiger partial charge in [-0.1, -0.05) is 19.1 Å². The molecule has 2 saturated carbocycles. The highest BCUT2D eigenvalue weighted by molar-refractivity contribution is 7.80. The molecule has 1 N–H and O–H groups in total. The van der Waals surface area contributed by atoms with Gasteiger partial charge >= 0.3 is 6.09 Å². The molecule has 1 aromatic carbocycles. The summed E-state index contributed by atoms with van der Waals surface area (Å²) >= 11 is 8.01. The van der Waals surface area contributed by atoms with Crippen molar-refractivity contribution in [1.29, 1.82) is 0 Å². The van der Waals surface area contributed by atoms with E-state index in [4.69, 9.17) is 26.4 Å². The van der Waals surface area contributed by atoms with Gasteiger partial charge in [-0.05, 0) is 101 Å². The number of ketones is 1. The number of thiocarbonyl (C=S) groups is 1. The quantitative estimate of drug-likeness (QED) is 0.221. The molecule has 1 aliphatic heterocycles. The van der Waals surface area contributed by atoms with E-state index in [1.165, 1.54) is 17.7 Å². The van der Waals surface area contributed by atoms with Crippen LogP contribution in [0.5, 0.6) is 11.5 Å². The Labute approximate surface area is 306 Å². The highest BCUT2D eigenvalue weighted by Gasteiger charge is 2.40. The van der Waals surface area contributed by atoms with Gasteiger partial charge in [0.05, 0.1) is 30.8 Å². The molecule has 2 amide bonds. The number of Topliss-reactive ketones (excluding diaryl/α,β-unsaturated/α-hetero) is 1. The van der Waals surface area contributed by atoms with Crippen LogP contribution in [0.1, 0.15) is 97.5 Å². The summed E-state index contributed by atoms with van der Waals surface area (Å²) in [5, 5.41) is 3.20. The molecular formula is C39H53N3O6S2. The summed E-state index contributed by atoms with van der Waals surface area (Å²) in [5.74, 6) is 2.85. The van der Waals surface area contributed by atoms with Gasteiger partial charge in [0.15, 0.2) is 0 Å². The van der Waals surface area contributed by atoms with Gasteiger partial charge < -0.3 is 29.3 Å². The lowest BCUT2D eigenvalue weighted by Crippen LogP contribution is -2.44. The second kappa shape index (κ2) is 15.2. The Morgan fingerprint density at radius 2 is 1.80 bits per heavy atom. The zero-order valence-corrected chi connectivity index (χ0v) is 32.1. The molecule has 272 valence electrons. The minimum Gasteiger partial charge on any atom is -0.497 e. The van der Waals surface area contributed by atoms with E-state index in [9.17, 15) is 14.4 Å². The fourth-order valence-corrected chi connectivity index (χ4v) is 9.18. The van der Waals surface area contributed by atoms with Crippen LogP contribution in [0, 0.1) is 23.7 Å². The van der Waals surface area contributed by atoms with Gasteiger partial charge in [0.2, 0.25) is 0 Å². The predicted molar refractivity (Wildman–Crippen MR) is 199 cm³/mol. The highest BCUT2D eigenvalue weighted by atomic mass is 32.1. The first-order valence-corrected chi connectivity index (χ1v) is 19.5. The summed E-state index contributed by atoms with van der Waals surface area (Å²) in [4.78, 5) is 46.9. The number of nitrogens with one attached hydrogen (secondary N) is 1. The topological polar surface area (TPSA) is 97.4 Å². The van der Waals surface area contributed by atoms with Crippen molar-refractivity contribution in [3.63, 3.8) is 0 Å². The molecule has 0 radical (unpaired) electrons. The largest absolute Gasteiger partial charge is 0.497 e. The summed E-state index contributed by atoms with van der Waals surface area (Å²) in [6.45, 7) is 10.2. The van der Waals surface area contributed by atoms with Crippen LogP contribution in [0.4, 0.5) is 4.79 Å². The average molecular weight is 724 g/mol. The van der Waals surface area contributed by atoms with E-state index in [1.807, 2.05) is 39.0 Å². The fourth-order valence-electron chi connectivity index (χ4n) is 7.38. The van der Waals surface area contributed by atoms with Crippen LogP contribution in [0.15, 0.2) is 18.2 Å². The number of carbonyl (C=O) groups excluding carboxylic acids is 3. The number of methoxy groups -OCH3 is 2. The Kier molecular flexibility index (Phi) is 11.1. The van der Waals surface area contributed by atoms with E-state index in [2.05, 4.69) is 17.1 Å². The summed E-state index contributed by atoms with van der Waals surface area (Å²) < 4.78 is 17.0. The molecule has 9 nitrogen and oxygen atoms in total. The molecule has 3 fully saturated rings. The van der Waals surface area contributed by atoms with E-state index in [1.54, 1.807) is 30.5 Å². The number of nitrogens with zero attached hydrogens (tertiary/aromatic N) is 2. The van der Waals surface area contributed by atoms with Crippen molar-refractivity contribution in [2.75, 3.05) is 33.9 Å². The Hall–Kier alpha value is -3.18. The molecule has 2 heterocycles. The average Bonchev–Trinajstić information content (AvgIpc) is 4.01. The smallest absolute Gasteiger partial charge is 0.410 e. The van der Waals surface area contributed by atoms with Crippen molar-refractivity contribution < 1.29 is 28.6 Å². The molecule has 4 aliphatic rings. The number of likely N-dealkylation sites (tertiary alicyclic amines) is 1. The number of benzene rings is 1. The van der Waals surface area contributed by atoms with Gasteiger partial charge in [-0.2, -0.15) is 0 Å².